The van der Waals surface area contributed by atoms with E-state index >= 15 is 0 Å². The van der Waals surface area contributed by atoms with Crippen molar-refractivity contribution in [2.45, 2.75) is 71.1 Å². The number of hydrogen-bond donors (Lipinski definition) is 2. The van der Waals surface area contributed by atoms with Gasteiger partial charge in [-0.1, -0.05) is 39.0 Å². The third-order valence-corrected chi connectivity index (χ3v) is 3.11. The van der Waals surface area contributed by atoms with Gasteiger partial charge in [0.25, 0.3) is 5.91 Å². The maximum absolute atomic E-state index is 11.5. The van der Waals surface area contributed by atoms with E-state index in [0.717, 1.165) is 32.1 Å². The summed E-state index contributed by atoms with van der Waals surface area (Å²) < 4.78 is 0. The topological polar surface area (TPSA) is 83.5 Å². The van der Waals surface area contributed by atoms with E-state index in [2.05, 4.69) is 12.2 Å². The summed E-state index contributed by atoms with van der Waals surface area (Å²) >= 11 is 0. The van der Waals surface area contributed by atoms with Crippen molar-refractivity contribution in [3.8, 4) is 0 Å². The molecule has 1 amide bonds. The lowest BCUT2D eigenvalue weighted by Gasteiger charge is -2.04. The summed E-state index contributed by atoms with van der Waals surface area (Å²) in [5, 5.41) is 11.0. The maximum Gasteiger partial charge on any atom is 0.303 e. The van der Waals surface area contributed by atoms with Crippen molar-refractivity contribution in [1.29, 1.82) is 0 Å². The number of carboxylic acids is 1. The predicted molar refractivity (Wildman–Crippen MR) is 77.5 cm³/mol. The van der Waals surface area contributed by atoms with Gasteiger partial charge in [-0.25, -0.2) is 0 Å². The zero-order valence-corrected chi connectivity index (χ0v) is 12.5. The molecule has 0 saturated carbocycles. The van der Waals surface area contributed by atoms with Crippen LogP contribution in [0.25, 0.3) is 0 Å². The van der Waals surface area contributed by atoms with Crippen LogP contribution in [0.2, 0.25) is 0 Å². The highest BCUT2D eigenvalue weighted by molar-refractivity contribution is 6.36. The van der Waals surface area contributed by atoms with E-state index < -0.39 is 11.9 Å². The van der Waals surface area contributed by atoms with E-state index in [-0.39, 0.29) is 12.2 Å². The first-order chi connectivity index (χ1) is 9.57. The molecule has 0 radical (unpaired) electrons. The van der Waals surface area contributed by atoms with Crippen LogP contribution < -0.4 is 5.32 Å². The molecule has 0 atom stereocenters. The fraction of sp³-hybridized carbons (Fsp3) is 0.800. The largest absolute Gasteiger partial charge is 0.481 e. The molecule has 0 heterocycles. The lowest BCUT2D eigenvalue weighted by Crippen LogP contribution is -2.31. The zero-order valence-electron chi connectivity index (χ0n) is 12.5. The number of carbonyl (C=O) groups is 3. The van der Waals surface area contributed by atoms with Crippen LogP contribution >= 0.6 is 0 Å². The summed E-state index contributed by atoms with van der Waals surface area (Å²) in [6.07, 6.45) is 7.80. The van der Waals surface area contributed by atoms with Crippen molar-refractivity contribution in [3.63, 3.8) is 0 Å². The number of carboxylic acid groups (broad SMARTS) is 1. The average Bonchev–Trinajstić information content (AvgIpc) is 2.41. The van der Waals surface area contributed by atoms with E-state index in [1.165, 1.54) is 6.42 Å². The molecule has 0 aromatic rings. The van der Waals surface area contributed by atoms with Crippen molar-refractivity contribution in [2.75, 3.05) is 6.54 Å². The van der Waals surface area contributed by atoms with Gasteiger partial charge in [-0.15, -0.1) is 0 Å². The summed E-state index contributed by atoms with van der Waals surface area (Å²) in [6.45, 7) is 2.58. The maximum atomic E-state index is 11.5. The lowest BCUT2D eigenvalue weighted by molar-refractivity contribution is -0.138. The van der Waals surface area contributed by atoms with Crippen LogP contribution in [-0.4, -0.2) is 29.3 Å². The van der Waals surface area contributed by atoms with Gasteiger partial charge >= 0.3 is 5.97 Å². The van der Waals surface area contributed by atoms with Gasteiger partial charge < -0.3 is 10.4 Å². The highest BCUT2D eigenvalue weighted by atomic mass is 16.4. The minimum Gasteiger partial charge on any atom is -0.481 e. The SMILES string of the molecule is CCCCCCCC(=O)C(=O)NCCCCCC(=O)O. The molecule has 0 aromatic carbocycles. The van der Waals surface area contributed by atoms with E-state index in [9.17, 15) is 14.4 Å². The normalized spacial score (nSPS) is 10.2. The van der Waals surface area contributed by atoms with Crippen LogP contribution in [0.15, 0.2) is 0 Å². The number of ketones is 1. The summed E-state index contributed by atoms with van der Waals surface area (Å²) in [6, 6.07) is 0. The summed E-state index contributed by atoms with van der Waals surface area (Å²) in [5.74, 6) is -1.64. The first-order valence-corrected chi connectivity index (χ1v) is 7.60. The molecule has 0 unspecified atom stereocenters. The fourth-order valence-electron chi connectivity index (χ4n) is 1.88. The van der Waals surface area contributed by atoms with Gasteiger partial charge in [0.05, 0.1) is 0 Å². The first kappa shape index (κ1) is 18.6. The number of rotatable bonds is 13. The molecule has 0 aliphatic heterocycles. The third kappa shape index (κ3) is 11.7. The third-order valence-electron chi connectivity index (χ3n) is 3.11. The van der Waals surface area contributed by atoms with Gasteiger partial charge in [0.2, 0.25) is 5.78 Å². The highest BCUT2D eigenvalue weighted by Crippen LogP contribution is 2.05. The summed E-state index contributed by atoms with van der Waals surface area (Å²) in [7, 11) is 0. The number of Topliss-reactive ketones (excluding diaryl/α,β-unsaturated/α-hetero) is 1. The average molecular weight is 285 g/mol. The number of aliphatic carboxylic acids is 1. The molecule has 0 saturated heterocycles. The summed E-state index contributed by atoms with van der Waals surface area (Å²) in [4.78, 5) is 33.2. The highest BCUT2D eigenvalue weighted by Gasteiger charge is 2.11. The van der Waals surface area contributed by atoms with E-state index in [1.54, 1.807) is 0 Å². The van der Waals surface area contributed by atoms with Crippen LogP contribution in [0.5, 0.6) is 0 Å². The zero-order chi connectivity index (χ0) is 15.2. The Hall–Kier alpha value is -1.39. The standard InChI is InChI=1S/C15H27NO4/c1-2-3-4-5-7-10-13(17)15(20)16-12-9-6-8-11-14(18)19/h2-12H2,1H3,(H,16,20)(H,18,19). The Labute approximate surface area is 121 Å². The van der Waals surface area contributed by atoms with Crippen molar-refractivity contribution in [1.82, 2.24) is 5.32 Å². The Kier molecular flexibility index (Phi) is 11.8. The minimum absolute atomic E-state index is 0.157. The Morgan fingerprint density at radius 2 is 1.45 bits per heavy atom. The first-order valence-electron chi connectivity index (χ1n) is 7.60. The van der Waals surface area contributed by atoms with E-state index in [4.69, 9.17) is 5.11 Å². The molecule has 0 spiro atoms. The van der Waals surface area contributed by atoms with Crippen LogP contribution in [0.1, 0.15) is 71.1 Å². The summed E-state index contributed by atoms with van der Waals surface area (Å²) in [5.41, 5.74) is 0. The molecule has 0 aromatic heterocycles. The van der Waals surface area contributed by atoms with Crippen LogP contribution in [0.3, 0.4) is 0 Å². The Balaban J connectivity index is 3.46. The molecule has 116 valence electrons. The second kappa shape index (κ2) is 12.6. The fourth-order valence-corrected chi connectivity index (χ4v) is 1.88. The molecule has 0 rings (SSSR count). The van der Waals surface area contributed by atoms with Gasteiger partial charge in [0.1, 0.15) is 0 Å². The minimum atomic E-state index is -0.799. The molecule has 20 heavy (non-hydrogen) atoms. The van der Waals surface area contributed by atoms with Crippen molar-refractivity contribution < 1.29 is 19.5 Å². The lowest BCUT2D eigenvalue weighted by atomic mass is 10.1. The van der Waals surface area contributed by atoms with Crippen LogP contribution in [0, 0.1) is 0 Å². The van der Waals surface area contributed by atoms with Gasteiger partial charge in [-0.05, 0) is 19.3 Å². The molecular formula is C15H27NO4. The van der Waals surface area contributed by atoms with Crippen LogP contribution in [-0.2, 0) is 14.4 Å². The van der Waals surface area contributed by atoms with Gasteiger partial charge in [-0.2, -0.15) is 0 Å². The van der Waals surface area contributed by atoms with Crippen molar-refractivity contribution in [3.05, 3.63) is 0 Å². The number of nitrogens with one attached hydrogen (secondary N) is 1. The second-order valence-corrected chi connectivity index (χ2v) is 5.05. The Morgan fingerprint density at radius 1 is 0.850 bits per heavy atom. The van der Waals surface area contributed by atoms with Gasteiger partial charge in [-0.3, -0.25) is 14.4 Å². The molecule has 0 aliphatic carbocycles. The molecule has 5 heteroatoms. The number of unbranched alkanes of at least 4 members (excludes halogenated alkanes) is 6. The molecule has 0 bridgehead atoms. The monoisotopic (exact) mass is 285 g/mol. The number of carbonyl (C=O) groups excluding carboxylic acids is 2. The van der Waals surface area contributed by atoms with Gasteiger partial charge in [0, 0.05) is 19.4 Å². The second-order valence-electron chi connectivity index (χ2n) is 5.05. The predicted octanol–water partition coefficient (Wildman–Crippen LogP) is 2.68. The van der Waals surface area contributed by atoms with Gasteiger partial charge in [0.15, 0.2) is 0 Å². The molecule has 0 aliphatic rings. The smallest absolute Gasteiger partial charge is 0.303 e. The van der Waals surface area contributed by atoms with E-state index in [1.807, 2.05) is 0 Å². The Morgan fingerprint density at radius 3 is 2.10 bits per heavy atom. The molecular weight excluding hydrogens is 258 g/mol. The van der Waals surface area contributed by atoms with E-state index in [0.29, 0.717) is 25.8 Å². The molecule has 0 fully saturated rings. The molecule has 2 N–H and O–H groups in total. The van der Waals surface area contributed by atoms with Crippen molar-refractivity contribution >= 4 is 17.7 Å². The van der Waals surface area contributed by atoms with Crippen molar-refractivity contribution in [2.24, 2.45) is 0 Å². The number of amides is 1. The van der Waals surface area contributed by atoms with Crippen LogP contribution in [0.4, 0.5) is 0 Å². The quantitative estimate of drug-likeness (QED) is 0.402. The Bertz CT molecular complexity index is 302. The molecule has 5 nitrogen and oxygen atoms in total. The number of hydrogen-bond acceptors (Lipinski definition) is 3.